The zero-order valence-corrected chi connectivity index (χ0v) is 12.4. The maximum absolute atomic E-state index is 12.1. The Morgan fingerprint density at radius 3 is 2.70 bits per heavy atom. The summed E-state index contributed by atoms with van der Waals surface area (Å²) in [6.45, 7) is 0. The van der Waals surface area contributed by atoms with Crippen molar-refractivity contribution in [2.45, 2.75) is 43.6 Å². The molecular formula is C14H19N3O2S. The first-order valence-electron chi connectivity index (χ1n) is 7.02. The zero-order chi connectivity index (χ0) is 14.2. The molecule has 108 valence electrons. The second-order valence-corrected chi connectivity index (χ2v) is 7.65. The molecule has 1 aliphatic heterocycles. The predicted octanol–water partition coefficient (Wildman–Crippen LogP) is 1.98. The second-order valence-electron chi connectivity index (χ2n) is 5.57. The maximum Gasteiger partial charge on any atom is 0.224 e. The summed E-state index contributed by atoms with van der Waals surface area (Å²) in [6.07, 6.45) is 12.0. The molecule has 2 heterocycles. The van der Waals surface area contributed by atoms with Gasteiger partial charge in [-0.25, -0.2) is 8.42 Å². The van der Waals surface area contributed by atoms with E-state index in [1.807, 2.05) is 11.0 Å². The number of rotatable bonds is 2. The first-order valence-corrected chi connectivity index (χ1v) is 8.97. The number of fused-ring (bicyclic) bond motifs is 1. The lowest BCUT2D eigenvalue weighted by molar-refractivity contribution is 0.405. The average Bonchev–Trinajstić information content (AvgIpc) is 2.46. The van der Waals surface area contributed by atoms with E-state index in [1.165, 1.54) is 12.7 Å². The van der Waals surface area contributed by atoms with Crippen LogP contribution in [0.2, 0.25) is 0 Å². The van der Waals surface area contributed by atoms with Gasteiger partial charge in [-0.3, -0.25) is 9.98 Å². The first kappa shape index (κ1) is 13.5. The Bertz CT molecular complexity index is 621. The minimum atomic E-state index is -3.27. The van der Waals surface area contributed by atoms with Gasteiger partial charge in [-0.2, -0.15) is 0 Å². The van der Waals surface area contributed by atoms with E-state index in [9.17, 15) is 8.42 Å². The number of hydrogen-bond acceptors (Lipinski definition) is 5. The molecule has 0 spiro atoms. The lowest BCUT2D eigenvalue weighted by atomic mass is 9.93. The van der Waals surface area contributed by atoms with E-state index < -0.39 is 15.3 Å². The summed E-state index contributed by atoms with van der Waals surface area (Å²) >= 11 is 0. The van der Waals surface area contributed by atoms with Crippen LogP contribution in [0.4, 0.5) is 5.69 Å². The van der Waals surface area contributed by atoms with Gasteiger partial charge in [0.2, 0.25) is 5.50 Å². The summed E-state index contributed by atoms with van der Waals surface area (Å²) in [6, 6.07) is 2.12. The first-order chi connectivity index (χ1) is 9.57. The number of nitrogens with zero attached hydrogens (tertiary/aromatic N) is 3. The number of pyridine rings is 1. The molecule has 0 N–H and O–H groups in total. The lowest BCUT2D eigenvalue weighted by Gasteiger charge is -2.41. The van der Waals surface area contributed by atoms with Crippen molar-refractivity contribution in [3.63, 3.8) is 0 Å². The van der Waals surface area contributed by atoms with Gasteiger partial charge in [0.05, 0.1) is 11.9 Å². The molecule has 0 aromatic carbocycles. The third-order valence-electron chi connectivity index (χ3n) is 4.04. The van der Waals surface area contributed by atoms with Crippen molar-refractivity contribution in [2.24, 2.45) is 4.99 Å². The van der Waals surface area contributed by atoms with E-state index >= 15 is 0 Å². The molecule has 0 saturated heterocycles. The van der Waals surface area contributed by atoms with Crippen molar-refractivity contribution in [3.8, 4) is 0 Å². The molecule has 1 aromatic heterocycles. The molecule has 1 saturated carbocycles. The Morgan fingerprint density at radius 2 is 2.00 bits per heavy atom. The molecule has 20 heavy (non-hydrogen) atoms. The van der Waals surface area contributed by atoms with Crippen LogP contribution in [0.3, 0.4) is 0 Å². The van der Waals surface area contributed by atoms with Crippen LogP contribution in [-0.4, -0.2) is 37.4 Å². The van der Waals surface area contributed by atoms with Crippen LogP contribution in [0.25, 0.3) is 0 Å². The molecule has 1 aliphatic carbocycles. The number of aliphatic imine (C=N–C) groups is 1. The average molecular weight is 293 g/mol. The van der Waals surface area contributed by atoms with Gasteiger partial charge in [0.15, 0.2) is 9.84 Å². The van der Waals surface area contributed by atoms with E-state index in [4.69, 9.17) is 0 Å². The molecule has 0 bridgehead atoms. The summed E-state index contributed by atoms with van der Waals surface area (Å²) in [5.74, 6) is 0. The molecule has 1 fully saturated rings. The van der Waals surface area contributed by atoms with Crippen molar-refractivity contribution < 1.29 is 8.42 Å². The van der Waals surface area contributed by atoms with Crippen LogP contribution >= 0.6 is 0 Å². The summed E-state index contributed by atoms with van der Waals surface area (Å²) in [5, 5.41) is 0. The van der Waals surface area contributed by atoms with E-state index in [1.54, 1.807) is 18.6 Å². The number of anilines is 1. The van der Waals surface area contributed by atoms with Crippen molar-refractivity contribution in [1.29, 1.82) is 0 Å². The van der Waals surface area contributed by atoms with Gasteiger partial charge in [0.25, 0.3) is 0 Å². The second kappa shape index (κ2) is 5.16. The van der Waals surface area contributed by atoms with Gasteiger partial charge in [0, 0.05) is 30.3 Å². The molecule has 6 heteroatoms. The largest absolute Gasteiger partial charge is 0.332 e. The van der Waals surface area contributed by atoms with Crippen LogP contribution in [-0.2, 0) is 9.84 Å². The Kier molecular flexibility index (Phi) is 3.50. The van der Waals surface area contributed by atoms with Gasteiger partial charge >= 0.3 is 0 Å². The van der Waals surface area contributed by atoms with E-state index in [0.29, 0.717) is 0 Å². The van der Waals surface area contributed by atoms with E-state index in [-0.39, 0.29) is 6.04 Å². The maximum atomic E-state index is 12.1. The number of hydrogen-bond donors (Lipinski definition) is 0. The molecule has 2 aliphatic rings. The molecule has 0 amide bonds. The van der Waals surface area contributed by atoms with E-state index in [0.717, 1.165) is 36.9 Å². The number of sulfone groups is 1. The van der Waals surface area contributed by atoms with Gasteiger partial charge in [0.1, 0.15) is 0 Å². The highest BCUT2D eigenvalue weighted by molar-refractivity contribution is 7.91. The lowest BCUT2D eigenvalue weighted by Crippen LogP contribution is -2.49. The summed E-state index contributed by atoms with van der Waals surface area (Å²) in [4.78, 5) is 10.4. The highest BCUT2D eigenvalue weighted by atomic mass is 32.2. The smallest absolute Gasteiger partial charge is 0.224 e. The monoisotopic (exact) mass is 293 g/mol. The van der Waals surface area contributed by atoms with E-state index in [2.05, 4.69) is 9.98 Å². The Balaban J connectivity index is 2.05. The molecule has 3 rings (SSSR count). The van der Waals surface area contributed by atoms with Crippen LogP contribution in [0.1, 0.15) is 37.7 Å². The Labute approximate surface area is 119 Å². The van der Waals surface area contributed by atoms with Crippen LogP contribution in [0.5, 0.6) is 0 Å². The summed E-state index contributed by atoms with van der Waals surface area (Å²) < 4.78 is 24.1. The van der Waals surface area contributed by atoms with Gasteiger partial charge in [-0.1, -0.05) is 19.3 Å². The van der Waals surface area contributed by atoms with Crippen LogP contribution < -0.4 is 4.90 Å². The van der Waals surface area contributed by atoms with Crippen LogP contribution in [0, 0.1) is 0 Å². The summed E-state index contributed by atoms with van der Waals surface area (Å²) in [5.41, 5.74) is 1.04. The zero-order valence-electron chi connectivity index (χ0n) is 11.6. The molecule has 1 aromatic rings. The fraction of sp³-hybridized carbons (Fsp3) is 0.571. The molecular weight excluding hydrogens is 274 g/mol. The minimum absolute atomic E-state index is 0.240. The van der Waals surface area contributed by atoms with Crippen molar-refractivity contribution >= 4 is 21.7 Å². The van der Waals surface area contributed by atoms with Gasteiger partial charge < -0.3 is 4.90 Å². The Hall–Kier alpha value is -1.43. The van der Waals surface area contributed by atoms with Crippen LogP contribution in [0.15, 0.2) is 23.5 Å². The fourth-order valence-corrected chi connectivity index (χ4v) is 4.09. The molecule has 0 radical (unpaired) electrons. The van der Waals surface area contributed by atoms with Crippen molar-refractivity contribution in [1.82, 2.24) is 4.98 Å². The van der Waals surface area contributed by atoms with Crippen molar-refractivity contribution in [3.05, 3.63) is 24.0 Å². The highest BCUT2D eigenvalue weighted by Crippen LogP contribution is 2.34. The fourth-order valence-electron chi connectivity index (χ4n) is 3.11. The predicted molar refractivity (Wildman–Crippen MR) is 79.8 cm³/mol. The Morgan fingerprint density at radius 1 is 1.25 bits per heavy atom. The molecule has 1 atom stereocenters. The normalized spacial score (nSPS) is 23.6. The molecule has 1 unspecified atom stereocenters. The minimum Gasteiger partial charge on any atom is -0.332 e. The quantitative estimate of drug-likeness (QED) is 0.836. The molecule has 5 nitrogen and oxygen atoms in total. The number of aromatic nitrogens is 1. The van der Waals surface area contributed by atoms with Gasteiger partial charge in [-0.05, 0) is 18.9 Å². The topological polar surface area (TPSA) is 62.6 Å². The third kappa shape index (κ3) is 2.44. The standard InChI is InChI=1S/C14H19N3O2S/c1-20(18,19)14-16-9-11-7-8-15-10-13(11)17(14)12-5-3-2-4-6-12/h7-10,12,14H,2-6H2,1H3. The third-order valence-corrected chi connectivity index (χ3v) is 5.16. The SMILES string of the molecule is CS(=O)(=O)C1N=Cc2ccncc2N1C1CCCCC1. The highest BCUT2D eigenvalue weighted by Gasteiger charge is 2.36. The summed E-state index contributed by atoms with van der Waals surface area (Å²) in [7, 11) is -3.27. The van der Waals surface area contributed by atoms with Crippen molar-refractivity contribution in [2.75, 3.05) is 11.2 Å². The van der Waals surface area contributed by atoms with Gasteiger partial charge in [-0.15, -0.1) is 0 Å².